The number of esters is 2. The number of aryl methyl sites for hydroxylation is 1. The Balaban J connectivity index is 2.52. The first-order chi connectivity index (χ1) is 12.4. The minimum Gasteiger partial charge on any atom is -0.495 e. The van der Waals surface area contributed by atoms with Gasteiger partial charge in [0, 0.05) is 23.1 Å². The van der Waals surface area contributed by atoms with E-state index in [-0.39, 0.29) is 25.1 Å². The highest BCUT2D eigenvalue weighted by atomic mass is 16.6. The molecule has 0 saturated heterocycles. The number of nitrogens with one attached hydrogen (secondary N) is 1. The van der Waals surface area contributed by atoms with Crippen LogP contribution in [0.25, 0.3) is 10.9 Å². The lowest BCUT2D eigenvalue weighted by molar-refractivity contribution is -0.161. The van der Waals surface area contributed by atoms with Crippen molar-refractivity contribution in [1.29, 1.82) is 0 Å². The van der Waals surface area contributed by atoms with Crippen molar-refractivity contribution in [3.8, 4) is 5.75 Å². The molecule has 140 valence electrons. The molecule has 26 heavy (non-hydrogen) atoms. The Morgan fingerprint density at radius 1 is 1.12 bits per heavy atom. The summed E-state index contributed by atoms with van der Waals surface area (Å²) in [5, 5.41) is 0.427. The molecule has 0 aliphatic rings. The van der Waals surface area contributed by atoms with Gasteiger partial charge in [0.15, 0.2) is 11.3 Å². The number of hydrogen-bond acceptors (Lipinski definition) is 6. The zero-order valence-electron chi connectivity index (χ0n) is 15.4. The summed E-state index contributed by atoms with van der Waals surface area (Å²) >= 11 is 0. The summed E-state index contributed by atoms with van der Waals surface area (Å²) in [5.41, 5.74) is 1.22. The number of carbonyl (C=O) groups is 2. The molecule has 0 unspecified atom stereocenters. The number of ether oxygens (including phenoxy) is 3. The Kier molecular flexibility index (Phi) is 6.38. The van der Waals surface area contributed by atoms with E-state index in [1.54, 1.807) is 39.0 Å². The number of pyridine rings is 1. The van der Waals surface area contributed by atoms with Gasteiger partial charge in [-0.3, -0.25) is 14.4 Å². The van der Waals surface area contributed by atoms with Crippen LogP contribution in [0.2, 0.25) is 0 Å². The van der Waals surface area contributed by atoms with Gasteiger partial charge in [0.2, 0.25) is 0 Å². The van der Waals surface area contributed by atoms with Crippen molar-refractivity contribution < 1.29 is 23.8 Å². The van der Waals surface area contributed by atoms with E-state index in [1.165, 1.54) is 7.11 Å². The number of aromatic amines is 1. The van der Waals surface area contributed by atoms with E-state index in [0.29, 0.717) is 27.9 Å². The Labute approximate surface area is 151 Å². The van der Waals surface area contributed by atoms with Gasteiger partial charge in [-0.05, 0) is 32.9 Å². The highest BCUT2D eigenvalue weighted by molar-refractivity contribution is 5.95. The van der Waals surface area contributed by atoms with Gasteiger partial charge < -0.3 is 19.2 Å². The summed E-state index contributed by atoms with van der Waals surface area (Å²) in [6, 6.07) is 5.13. The predicted molar refractivity (Wildman–Crippen MR) is 96.3 cm³/mol. The fourth-order valence-electron chi connectivity index (χ4n) is 2.81. The summed E-state index contributed by atoms with van der Waals surface area (Å²) < 4.78 is 15.2. The zero-order valence-corrected chi connectivity index (χ0v) is 15.4. The van der Waals surface area contributed by atoms with E-state index in [4.69, 9.17) is 14.2 Å². The first-order valence-corrected chi connectivity index (χ1v) is 8.46. The lowest BCUT2D eigenvalue weighted by Crippen LogP contribution is -2.32. The van der Waals surface area contributed by atoms with Crippen molar-refractivity contribution in [2.75, 3.05) is 20.3 Å². The molecule has 0 aliphatic heterocycles. The number of benzene rings is 1. The van der Waals surface area contributed by atoms with Gasteiger partial charge in [0.25, 0.3) is 0 Å². The van der Waals surface area contributed by atoms with Gasteiger partial charge in [0.05, 0.1) is 25.8 Å². The van der Waals surface area contributed by atoms with Crippen LogP contribution in [-0.2, 0) is 25.5 Å². The molecule has 0 aliphatic carbocycles. The molecule has 0 saturated carbocycles. The van der Waals surface area contributed by atoms with Crippen LogP contribution >= 0.6 is 0 Å². The number of para-hydroxylation sites is 1. The maximum atomic E-state index is 12.9. The second-order valence-electron chi connectivity index (χ2n) is 5.70. The maximum Gasteiger partial charge on any atom is 0.320 e. The average Bonchev–Trinajstić information content (AvgIpc) is 2.61. The number of fused-ring (bicyclic) bond motifs is 1. The monoisotopic (exact) mass is 361 g/mol. The number of methoxy groups -OCH3 is 1. The second-order valence-corrected chi connectivity index (χ2v) is 5.70. The van der Waals surface area contributed by atoms with E-state index in [0.717, 1.165) is 0 Å². The van der Waals surface area contributed by atoms with Crippen LogP contribution in [0.1, 0.15) is 25.1 Å². The molecule has 1 aromatic heterocycles. The van der Waals surface area contributed by atoms with Gasteiger partial charge in [-0.1, -0.05) is 6.07 Å². The summed E-state index contributed by atoms with van der Waals surface area (Å²) in [4.78, 5) is 40.5. The summed E-state index contributed by atoms with van der Waals surface area (Å²) in [7, 11) is 1.52. The second kappa shape index (κ2) is 8.51. The minimum absolute atomic E-state index is 0.0913. The molecule has 0 radical (unpaired) electrons. The highest BCUT2D eigenvalue weighted by Crippen LogP contribution is 2.23. The van der Waals surface area contributed by atoms with Crippen LogP contribution < -0.4 is 10.2 Å². The largest absolute Gasteiger partial charge is 0.495 e. The molecule has 7 nitrogen and oxygen atoms in total. The number of carbonyl (C=O) groups excluding carboxylic acids is 2. The van der Waals surface area contributed by atoms with Gasteiger partial charge >= 0.3 is 11.9 Å². The van der Waals surface area contributed by atoms with Crippen LogP contribution in [-0.4, -0.2) is 37.2 Å². The third-order valence-electron chi connectivity index (χ3n) is 4.08. The van der Waals surface area contributed by atoms with E-state index in [9.17, 15) is 14.4 Å². The molecular formula is C19H23NO6. The third-order valence-corrected chi connectivity index (χ3v) is 4.08. The van der Waals surface area contributed by atoms with Crippen molar-refractivity contribution in [3.05, 3.63) is 39.7 Å². The molecule has 0 bridgehead atoms. The summed E-state index contributed by atoms with van der Waals surface area (Å²) in [6.45, 7) is 5.30. The lowest BCUT2D eigenvalue weighted by Gasteiger charge is -2.16. The molecule has 1 heterocycles. The van der Waals surface area contributed by atoms with Crippen LogP contribution in [0, 0.1) is 12.8 Å². The fourth-order valence-corrected chi connectivity index (χ4v) is 2.81. The molecule has 0 spiro atoms. The van der Waals surface area contributed by atoms with Gasteiger partial charge in [-0.2, -0.15) is 0 Å². The van der Waals surface area contributed by atoms with E-state index >= 15 is 0 Å². The van der Waals surface area contributed by atoms with Crippen LogP contribution in [0.4, 0.5) is 0 Å². The Morgan fingerprint density at radius 2 is 1.73 bits per heavy atom. The molecule has 0 fully saturated rings. The fraction of sp³-hybridized carbons (Fsp3) is 0.421. The van der Waals surface area contributed by atoms with E-state index < -0.39 is 17.9 Å². The summed E-state index contributed by atoms with van der Waals surface area (Å²) in [6.07, 6.45) is -0.0913. The molecule has 1 N–H and O–H groups in total. The predicted octanol–water partition coefficient (Wildman–Crippen LogP) is 2.13. The number of H-pyrrole nitrogens is 1. The Morgan fingerprint density at radius 3 is 2.27 bits per heavy atom. The number of rotatable bonds is 7. The SMILES string of the molecule is CCOC(=O)C(Cc1c(C)[nH]c2c(OC)cccc2c1=O)C(=O)OCC. The average molecular weight is 361 g/mol. The molecular weight excluding hydrogens is 338 g/mol. The van der Waals surface area contributed by atoms with Crippen molar-refractivity contribution in [1.82, 2.24) is 4.98 Å². The van der Waals surface area contributed by atoms with Crippen molar-refractivity contribution >= 4 is 22.8 Å². The van der Waals surface area contributed by atoms with Crippen molar-refractivity contribution in [2.45, 2.75) is 27.2 Å². The molecule has 1 aromatic carbocycles. The minimum atomic E-state index is -1.18. The molecule has 2 aromatic rings. The smallest absolute Gasteiger partial charge is 0.320 e. The highest BCUT2D eigenvalue weighted by Gasteiger charge is 2.31. The van der Waals surface area contributed by atoms with Crippen molar-refractivity contribution in [3.63, 3.8) is 0 Å². The molecule has 0 amide bonds. The third kappa shape index (κ3) is 3.87. The topological polar surface area (TPSA) is 94.7 Å². The molecule has 0 atom stereocenters. The van der Waals surface area contributed by atoms with Gasteiger partial charge in [-0.15, -0.1) is 0 Å². The van der Waals surface area contributed by atoms with Gasteiger partial charge in [0.1, 0.15) is 5.75 Å². The first-order valence-electron chi connectivity index (χ1n) is 8.46. The van der Waals surface area contributed by atoms with Gasteiger partial charge in [-0.25, -0.2) is 0 Å². The standard InChI is InChI=1S/C19H23NO6/c1-5-25-18(22)14(19(23)26-6-2)10-13-11(3)20-16-12(17(13)21)8-7-9-15(16)24-4/h7-9,14H,5-6,10H2,1-4H3,(H,20,21). The zero-order chi connectivity index (χ0) is 19.3. The molecule has 7 heteroatoms. The first kappa shape index (κ1) is 19.5. The Hall–Kier alpha value is -2.83. The van der Waals surface area contributed by atoms with Crippen LogP contribution in [0.3, 0.4) is 0 Å². The van der Waals surface area contributed by atoms with Crippen LogP contribution in [0.15, 0.2) is 23.0 Å². The number of aromatic nitrogens is 1. The number of hydrogen-bond donors (Lipinski definition) is 1. The summed E-state index contributed by atoms with van der Waals surface area (Å²) in [5.74, 6) is -2.04. The van der Waals surface area contributed by atoms with Crippen molar-refractivity contribution in [2.24, 2.45) is 5.92 Å². The lowest BCUT2D eigenvalue weighted by atomic mass is 9.96. The van der Waals surface area contributed by atoms with Crippen LogP contribution in [0.5, 0.6) is 5.75 Å². The maximum absolute atomic E-state index is 12.9. The Bertz CT molecular complexity index is 852. The quantitative estimate of drug-likeness (QED) is 0.600. The van der Waals surface area contributed by atoms with E-state index in [1.807, 2.05) is 0 Å². The normalized spacial score (nSPS) is 10.8. The molecule has 2 rings (SSSR count). The van der Waals surface area contributed by atoms with E-state index in [2.05, 4.69) is 4.98 Å².